The molecule has 2 rings (SSSR count). The van der Waals surface area contributed by atoms with Crippen molar-refractivity contribution in [3.63, 3.8) is 0 Å². The normalized spacial score (nSPS) is 15.7. The van der Waals surface area contributed by atoms with Crippen LogP contribution in [0.2, 0.25) is 0 Å². The average Bonchev–Trinajstić information content (AvgIpc) is 2.89. The van der Waals surface area contributed by atoms with E-state index in [2.05, 4.69) is 19.2 Å². The SMILES string of the molecule is CC(C)COc1ccc(C(=O)NC2CCCC2)cc1. The Hall–Kier alpha value is -1.51. The predicted molar refractivity (Wildman–Crippen MR) is 76.5 cm³/mol. The summed E-state index contributed by atoms with van der Waals surface area (Å²) in [5.41, 5.74) is 0.712. The lowest BCUT2D eigenvalue weighted by Gasteiger charge is -2.12. The zero-order chi connectivity index (χ0) is 13.7. The van der Waals surface area contributed by atoms with Gasteiger partial charge in [-0.1, -0.05) is 26.7 Å². The van der Waals surface area contributed by atoms with Crippen molar-refractivity contribution in [2.24, 2.45) is 5.92 Å². The van der Waals surface area contributed by atoms with Gasteiger partial charge in [0.2, 0.25) is 0 Å². The van der Waals surface area contributed by atoms with E-state index >= 15 is 0 Å². The quantitative estimate of drug-likeness (QED) is 0.882. The van der Waals surface area contributed by atoms with Crippen LogP contribution in [0.3, 0.4) is 0 Å². The monoisotopic (exact) mass is 261 g/mol. The zero-order valence-corrected chi connectivity index (χ0v) is 11.8. The van der Waals surface area contributed by atoms with Gasteiger partial charge in [-0.05, 0) is 43.0 Å². The van der Waals surface area contributed by atoms with E-state index in [4.69, 9.17) is 4.74 Å². The van der Waals surface area contributed by atoms with Gasteiger partial charge < -0.3 is 10.1 Å². The summed E-state index contributed by atoms with van der Waals surface area (Å²) in [6.45, 7) is 4.93. The largest absolute Gasteiger partial charge is 0.493 e. The van der Waals surface area contributed by atoms with Crippen molar-refractivity contribution in [3.05, 3.63) is 29.8 Å². The van der Waals surface area contributed by atoms with Gasteiger partial charge in [-0.25, -0.2) is 0 Å². The van der Waals surface area contributed by atoms with E-state index in [1.54, 1.807) is 0 Å². The number of carbonyl (C=O) groups excluding carboxylic acids is 1. The molecule has 0 spiro atoms. The van der Waals surface area contributed by atoms with Crippen molar-refractivity contribution >= 4 is 5.91 Å². The number of carbonyl (C=O) groups is 1. The summed E-state index contributed by atoms with van der Waals surface area (Å²) in [6, 6.07) is 7.77. The van der Waals surface area contributed by atoms with Gasteiger partial charge in [0.1, 0.15) is 5.75 Å². The lowest BCUT2D eigenvalue weighted by Crippen LogP contribution is -2.32. The molecule has 1 aromatic carbocycles. The molecule has 0 radical (unpaired) electrons. The molecule has 1 aliphatic rings. The maximum absolute atomic E-state index is 12.0. The minimum atomic E-state index is 0.0299. The van der Waals surface area contributed by atoms with E-state index in [9.17, 15) is 4.79 Å². The molecule has 0 aromatic heterocycles. The number of rotatable bonds is 5. The highest BCUT2D eigenvalue weighted by Gasteiger charge is 2.17. The molecule has 0 saturated heterocycles. The molecule has 3 heteroatoms. The van der Waals surface area contributed by atoms with Gasteiger partial charge in [0.15, 0.2) is 0 Å². The summed E-state index contributed by atoms with van der Waals surface area (Å²) in [5, 5.41) is 3.09. The standard InChI is InChI=1S/C16H23NO2/c1-12(2)11-19-15-9-7-13(8-10-15)16(18)17-14-5-3-4-6-14/h7-10,12,14H,3-6,11H2,1-2H3,(H,17,18). The summed E-state index contributed by atoms with van der Waals surface area (Å²) in [5.74, 6) is 1.36. The van der Waals surface area contributed by atoms with Crippen LogP contribution in [0.15, 0.2) is 24.3 Å². The lowest BCUT2D eigenvalue weighted by atomic mass is 10.1. The Balaban J connectivity index is 1.88. The predicted octanol–water partition coefficient (Wildman–Crippen LogP) is 3.39. The number of nitrogens with one attached hydrogen (secondary N) is 1. The first kappa shape index (κ1) is 13.9. The van der Waals surface area contributed by atoms with E-state index in [-0.39, 0.29) is 5.91 Å². The molecular formula is C16H23NO2. The third-order valence-electron chi connectivity index (χ3n) is 3.39. The van der Waals surface area contributed by atoms with Gasteiger partial charge in [0.25, 0.3) is 5.91 Å². The topological polar surface area (TPSA) is 38.3 Å². The molecule has 1 fully saturated rings. The van der Waals surface area contributed by atoms with Crippen LogP contribution in [-0.4, -0.2) is 18.6 Å². The number of amides is 1. The summed E-state index contributed by atoms with van der Waals surface area (Å²) in [4.78, 5) is 12.0. The van der Waals surface area contributed by atoms with Gasteiger partial charge in [-0.15, -0.1) is 0 Å². The summed E-state index contributed by atoms with van der Waals surface area (Å²) in [7, 11) is 0. The smallest absolute Gasteiger partial charge is 0.251 e. The minimum Gasteiger partial charge on any atom is -0.493 e. The molecule has 1 aliphatic carbocycles. The maximum Gasteiger partial charge on any atom is 0.251 e. The van der Waals surface area contributed by atoms with Crippen LogP contribution < -0.4 is 10.1 Å². The van der Waals surface area contributed by atoms with Crippen molar-refractivity contribution in [2.45, 2.75) is 45.6 Å². The highest BCUT2D eigenvalue weighted by Crippen LogP contribution is 2.19. The van der Waals surface area contributed by atoms with Crippen molar-refractivity contribution < 1.29 is 9.53 Å². The highest BCUT2D eigenvalue weighted by molar-refractivity contribution is 5.94. The Labute approximate surface area is 115 Å². The van der Waals surface area contributed by atoms with Crippen molar-refractivity contribution in [3.8, 4) is 5.75 Å². The van der Waals surface area contributed by atoms with E-state index in [0.717, 1.165) is 18.6 Å². The minimum absolute atomic E-state index is 0.0299. The summed E-state index contributed by atoms with van der Waals surface area (Å²) in [6.07, 6.45) is 4.68. The second kappa shape index (κ2) is 6.60. The van der Waals surface area contributed by atoms with E-state index < -0.39 is 0 Å². The Morgan fingerprint density at radius 1 is 1.26 bits per heavy atom. The summed E-state index contributed by atoms with van der Waals surface area (Å²) < 4.78 is 5.60. The Kier molecular flexibility index (Phi) is 4.83. The van der Waals surface area contributed by atoms with Crippen LogP contribution in [0.4, 0.5) is 0 Å². The first-order valence-electron chi connectivity index (χ1n) is 7.19. The van der Waals surface area contributed by atoms with Crippen LogP contribution in [0.5, 0.6) is 5.75 Å². The Morgan fingerprint density at radius 2 is 1.89 bits per heavy atom. The van der Waals surface area contributed by atoms with Crippen molar-refractivity contribution in [2.75, 3.05) is 6.61 Å². The van der Waals surface area contributed by atoms with Crippen LogP contribution >= 0.6 is 0 Å². The van der Waals surface area contributed by atoms with E-state index in [1.165, 1.54) is 12.8 Å². The van der Waals surface area contributed by atoms with Gasteiger partial charge in [-0.2, -0.15) is 0 Å². The molecule has 1 aromatic rings. The van der Waals surface area contributed by atoms with Crippen LogP contribution in [0, 0.1) is 5.92 Å². The molecule has 0 unspecified atom stereocenters. The Bertz CT molecular complexity index is 405. The van der Waals surface area contributed by atoms with E-state index in [1.807, 2.05) is 24.3 Å². The van der Waals surface area contributed by atoms with Gasteiger partial charge in [0.05, 0.1) is 6.61 Å². The van der Waals surface area contributed by atoms with Crippen LogP contribution in [0.1, 0.15) is 49.9 Å². The molecule has 0 aliphatic heterocycles. The van der Waals surface area contributed by atoms with Gasteiger partial charge >= 0.3 is 0 Å². The molecule has 1 saturated carbocycles. The third kappa shape index (κ3) is 4.27. The van der Waals surface area contributed by atoms with Gasteiger partial charge in [0, 0.05) is 11.6 Å². The third-order valence-corrected chi connectivity index (χ3v) is 3.39. The summed E-state index contributed by atoms with van der Waals surface area (Å²) >= 11 is 0. The first-order chi connectivity index (χ1) is 9.15. The number of benzene rings is 1. The first-order valence-corrected chi connectivity index (χ1v) is 7.19. The molecular weight excluding hydrogens is 238 g/mol. The molecule has 0 heterocycles. The highest BCUT2D eigenvalue weighted by atomic mass is 16.5. The molecule has 1 amide bonds. The second-order valence-electron chi connectivity index (χ2n) is 5.68. The maximum atomic E-state index is 12.0. The van der Waals surface area contributed by atoms with E-state index in [0.29, 0.717) is 24.1 Å². The zero-order valence-electron chi connectivity index (χ0n) is 11.8. The fourth-order valence-electron chi connectivity index (χ4n) is 2.30. The molecule has 104 valence electrons. The molecule has 3 nitrogen and oxygen atoms in total. The molecule has 19 heavy (non-hydrogen) atoms. The van der Waals surface area contributed by atoms with Crippen LogP contribution in [-0.2, 0) is 0 Å². The van der Waals surface area contributed by atoms with Gasteiger partial charge in [-0.3, -0.25) is 4.79 Å². The number of hydrogen-bond acceptors (Lipinski definition) is 2. The molecule has 0 atom stereocenters. The lowest BCUT2D eigenvalue weighted by molar-refractivity contribution is 0.0938. The van der Waals surface area contributed by atoms with Crippen molar-refractivity contribution in [1.82, 2.24) is 5.32 Å². The number of hydrogen-bond donors (Lipinski definition) is 1. The molecule has 0 bridgehead atoms. The molecule has 1 N–H and O–H groups in total. The number of ether oxygens (including phenoxy) is 1. The van der Waals surface area contributed by atoms with Crippen LogP contribution in [0.25, 0.3) is 0 Å². The van der Waals surface area contributed by atoms with Crippen molar-refractivity contribution in [1.29, 1.82) is 0 Å². The Morgan fingerprint density at radius 3 is 2.47 bits per heavy atom. The second-order valence-corrected chi connectivity index (χ2v) is 5.68. The average molecular weight is 261 g/mol. The fraction of sp³-hybridized carbons (Fsp3) is 0.562. The fourth-order valence-corrected chi connectivity index (χ4v) is 2.30.